The Hall–Kier alpha value is -0.820. The number of hydrogen-bond donors (Lipinski definition) is 1. The van der Waals surface area contributed by atoms with Crippen molar-refractivity contribution in [3.63, 3.8) is 0 Å². The largest absolute Gasteiger partial charge is 0.385 e. The molecule has 1 nitrogen and oxygen atoms in total. The highest BCUT2D eigenvalue weighted by Crippen LogP contribution is 2.45. The molecule has 16 heavy (non-hydrogen) atoms. The Bertz CT molecular complexity index is 319. The Balaban J connectivity index is 2.16. The molecule has 0 aliphatic heterocycles. The van der Waals surface area contributed by atoms with Gasteiger partial charge in [0, 0.05) is 0 Å². The molecule has 0 saturated heterocycles. The molecule has 0 spiro atoms. The monoisotopic (exact) mass is 218 g/mol. The number of rotatable bonds is 4. The van der Waals surface area contributed by atoms with Crippen molar-refractivity contribution < 1.29 is 5.11 Å². The minimum Gasteiger partial charge on any atom is -0.385 e. The molecular weight excluding hydrogens is 196 g/mol. The molecular formula is C15H22O. The van der Waals surface area contributed by atoms with Crippen LogP contribution in [0.3, 0.4) is 0 Å². The summed E-state index contributed by atoms with van der Waals surface area (Å²) >= 11 is 0. The second kappa shape index (κ2) is 5.01. The minimum atomic E-state index is -0.545. The lowest BCUT2D eigenvalue weighted by Gasteiger charge is -2.30. The molecule has 1 aliphatic carbocycles. The first-order valence-corrected chi connectivity index (χ1v) is 6.55. The molecule has 0 heterocycles. The first-order chi connectivity index (χ1) is 7.77. The third-order valence-electron chi connectivity index (χ3n) is 3.97. The smallest absolute Gasteiger partial charge is 0.0924 e. The molecule has 0 aromatic heterocycles. The molecule has 1 heteroatoms. The fourth-order valence-corrected chi connectivity index (χ4v) is 3.00. The highest BCUT2D eigenvalue weighted by atomic mass is 16.3. The van der Waals surface area contributed by atoms with Gasteiger partial charge in [-0.25, -0.2) is 0 Å². The van der Waals surface area contributed by atoms with E-state index in [9.17, 15) is 5.11 Å². The standard InChI is InChI=1S/C15H22O/c1-2-3-8-13-11-7-12-15(13,16)14-9-5-4-6-10-14/h4-6,9-10,13,16H,2-3,7-8,11-12H2,1H3/t13-,15-/m0/s1. The van der Waals surface area contributed by atoms with Crippen molar-refractivity contribution in [3.05, 3.63) is 35.9 Å². The van der Waals surface area contributed by atoms with E-state index in [1.54, 1.807) is 0 Å². The highest BCUT2D eigenvalue weighted by molar-refractivity contribution is 5.24. The normalized spacial score (nSPS) is 29.5. The highest BCUT2D eigenvalue weighted by Gasteiger charge is 2.41. The van der Waals surface area contributed by atoms with Crippen molar-refractivity contribution in [2.75, 3.05) is 0 Å². The fourth-order valence-electron chi connectivity index (χ4n) is 3.00. The predicted molar refractivity (Wildman–Crippen MR) is 67.2 cm³/mol. The molecule has 1 aliphatic rings. The van der Waals surface area contributed by atoms with Crippen LogP contribution in [0.4, 0.5) is 0 Å². The maximum absolute atomic E-state index is 10.8. The van der Waals surface area contributed by atoms with Gasteiger partial charge < -0.3 is 5.11 Å². The van der Waals surface area contributed by atoms with Gasteiger partial charge in [0.25, 0.3) is 0 Å². The zero-order valence-electron chi connectivity index (χ0n) is 10.2. The van der Waals surface area contributed by atoms with Crippen LogP contribution in [0.1, 0.15) is 51.0 Å². The van der Waals surface area contributed by atoms with E-state index in [0.29, 0.717) is 5.92 Å². The van der Waals surface area contributed by atoms with E-state index in [1.165, 1.54) is 32.1 Å². The zero-order valence-corrected chi connectivity index (χ0v) is 10.2. The van der Waals surface area contributed by atoms with Crippen molar-refractivity contribution in [2.45, 2.75) is 51.0 Å². The second-order valence-corrected chi connectivity index (χ2v) is 5.02. The minimum absolute atomic E-state index is 0.467. The lowest BCUT2D eigenvalue weighted by Crippen LogP contribution is -2.30. The lowest BCUT2D eigenvalue weighted by atomic mass is 9.81. The molecule has 0 radical (unpaired) electrons. The van der Waals surface area contributed by atoms with E-state index in [4.69, 9.17) is 0 Å². The summed E-state index contributed by atoms with van der Waals surface area (Å²) in [7, 11) is 0. The molecule has 2 rings (SSSR count). The van der Waals surface area contributed by atoms with E-state index in [0.717, 1.165) is 12.0 Å². The van der Waals surface area contributed by atoms with Crippen molar-refractivity contribution in [3.8, 4) is 0 Å². The fraction of sp³-hybridized carbons (Fsp3) is 0.600. The van der Waals surface area contributed by atoms with E-state index in [2.05, 4.69) is 19.1 Å². The van der Waals surface area contributed by atoms with Gasteiger partial charge in [-0.1, -0.05) is 50.1 Å². The van der Waals surface area contributed by atoms with Crippen molar-refractivity contribution in [1.82, 2.24) is 0 Å². The Kier molecular flexibility index (Phi) is 3.65. The summed E-state index contributed by atoms with van der Waals surface area (Å²) in [6.07, 6.45) is 6.92. The van der Waals surface area contributed by atoms with Crippen molar-refractivity contribution in [1.29, 1.82) is 0 Å². The Labute approximate surface area is 98.5 Å². The van der Waals surface area contributed by atoms with Gasteiger partial charge in [-0.15, -0.1) is 0 Å². The van der Waals surface area contributed by atoms with Crippen LogP contribution in [-0.4, -0.2) is 5.11 Å². The van der Waals surface area contributed by atoms with Crippen LogP contribution in [0.2, 0.25) is 0 Å². The number of unbranched alkanes of at least 4 members (excludes halogenated alkanes) is 1. The van der Waals surface area contributed by atoms with E-state index < -0.39 is 5.60 Å². The first-order valence-electron chi connectivity index (χ1n) is 6.55. The summed E-state index contributed by atoms with van der Waals surface area (Å²) in [5.74, 6) is 0.467. The van der Waals surface area contributed by atoms with Crippen LogP contribution in [0.15, 0.2) is 30.3 Å². The van der Waals surface area contributed by atoms with Gasteiger partial charge in [0.1, 0.15) is 0 Å². The van der Waals surface area contributed by atoms with Gasteiger partial charge in [0.15, 0.2) is 0 Å². The third kappa shape index (κ3) is 2.15. The molecule has 1 aromatic rings. The Morgan fingerprint density at radius 2 is 2.06 bits per heavy atom. The molecule has 0 unspecified atom stereocenters. The number of hydrogen-bond acceptors (Lipinski definition) is 1. The topological polar surface area (TPSA) is 20.2 Å². The summed E-state index contributed by atoms with van der Waals surface area (Å²) in [5, 5.41) is 10.8. The van der Waals surface area contributed by atoms with Crippen LogP contribution < -0.4 is 0 Å². The Morgan fingerprint density at radius 3 is 2.75 bits per heavy atom. The summed E-state index contributed by atoms with van der Waals surface area (Å²) in [6.45, 7) is 2.22. The van der Waals surface area contributed by atoms with Crippen molar-refractivity contribution >= 4 is 0 Å². The van der Waals surface area contributed by atoms with Crippen LogP contribution in [0.25, 0.3) is 0 Å². The van der Waals surface area contributed by atoms with Crippen LogP contribution >= 0.6 is 0 Å². The van der Waals surface area contributed by atoms with E-state index >= 15 is 0 Å². The van der Waals surface area contributed by atoms with Gasteiger partial charge in [-0.05, 0) is 37.2 Å². The molecule has 1 fully saturated rings. The molecule has 0 amide bonds. The van der Waals surface area contributed by atoms with Crippen LogP contribution in [-0.2, 0) is 5.60 Å². The SMILES string of the molecule is CCCC[C@H]1CCC[C@@]1(O)c1ccccc1. The summed E-state index contributed by atoms with van der Waals surface area (Å²) in [4.78, 5) is 0. The lowest BCUT2D eigenvalue weighted by molar-refractivity contribution is -0.00640. The number of aliphatic hydroxyl groups is 1. The zero-order chi connectivity index (χ0) is 11.4. The molecule has 1 N–H and O–H groups in total. The average molecular weight is 218 g/mol. The van der Waals surface area contributed by atoms with Gasteiger partial charge in [-0.2, -0.15) is 0 Å². The molecule has 88 valence electrons. The summed E-state index contributed by atoms with van der Waals surface area (Å²) in [5.41, 5.74) is 0.574. The number of benzene rings is 1. The van der Waals surface area contributed by atoms with Gasteiger partial charge in [-0.3, -0.25) is 0 Å². The van der Waals surface area contributed by atoms with Crippen LogP contribution in [0.5, 0.6) is 0 Å². The van der Waals surface area contributed by atoms with E-state index in [-0.39, 0.29) is 0 Å². The molecule has 1 saturated carbocycles. The van der Waals surface area contributed by atoms with Gasteiger partial charge >= 0.3 is 0 Å². The molecule has 0 bridgehead atoms. The Morgan fingerprint density at radius 1 is 1.31 bits per heavy atom. The summed E-state index contributed by atoms with van der Waals surface area (Å²) in [6, 6.07) is 10.2. The second-order valence-electron chi connectivity index (χ2n) is 5.02. The maximum Gasteiger partial charge on any atom is 0.0924 e. The summed E-state index contributed by atoms with van der Waals surface area (Å²) < 4.78 is 0. The van der Waals surface area contributed by atoms with Crippen molar-refractivity contribution in [2.24, 2.45) is 5.92 Å². The first kappa shape index (κ1) is 11.7. The molecule has 1 aromatic carbocycles. The molecule has 2 atom stereocenters. The van der Waals surface area contributed by atoms with Gasteiger partial charge in [0.05, 0.1) is 5.60 Å². The van der Waals surface area contributed by atoms with E-state index in [1.807, 2.05) is 18.2 Å². The van der Waals surface area contributed by atoms with Crippen LogP contribution in [0, 0.1) is 5.92 Å². The van der Waals surface area contributed by atoms with Gasteiger partial charge in [0.2, 0.25) is 0 Å². The maximum atomic E-state index is 10.8. The quantitative estimate of drug-likeness (QED) is 0.813. The average Bonchev–Trinajstić information content (AvgIpc) is 2.71. The predicted octanol–water partition coefficient (Wildman–Crippen LogP) is 3.86. The third-order valence-corrected chi connectivity index (χ3v) is 3.97.